The molecule has 106 valence electrons. The van der Waals surface area contributed by atoms with Crippen LogP contribution in [0.25, 0.3) is 10.4 Å². The molecule has 0 saturated heterocycles. The second-order valence-electron chi connectivity index (χ2n) is 4.41. The van der Waals surface area contributed by atoms with Crippen molar-refractivity contribution in [2.45, 2.75) is 20.3 Å². The van der Waals surface area contributed by atoms with Crippen LogP contribution in [-0.2, 0) is 11.2 Å². The van der Waals surface area contributed by atoms with Crippen LogP contribution in [0.5, 0.6) is 0 Å². The molecule has 20 heavy (non-hydrogen) atoms. The van der Waals surface area contributed by atoms with E-state index in [1.54, 1.807) is 0 Å². The van der Waals surface area contributed by atoms with E-state index < -0.39 is 0 Å². The zero-order valence-electron chi connectivity index (χ0n) is 11.6. The van der Waals surface area contributed by atoms with Crippen molar-refractivity contribution in [3.05, 3.63) is 38.7 Å². The van der Waals surface area contributed by atoms with Crippen molar-refractivity contribution < 1.29 is 9.53 Å². The average molecular weight is 354 g/mol. The predicted molar refractivity (Wildman–Crippen MR) is 87.3 cm³/mol. The molecule has 2 aromatic rings. The van der Waals surface area contributed by atoms with Crippen molar-refractivity contribution >= 4 is 38.9 Å². The van der Waals surface area contributed by atoms with Crippen LogP contribution in [0, 0.1) is 6.92 Å². The molecule has 0 bridgehead atoms. The monoisotopic (exact) mass is 353 g/mol. The maximum Gasteiger partial charge on any atom is 0.350 e. The van der Waals surface area contributed by atoms with Gasteiger partial charge in [-0.05, 0) is 36.1 Å². The summed E-state index contributed by atoms with van der Waals surface area (Å²) in [5, 5.41) is 0. The number of hydrogen-bond acceptors (Lipinski definition) is 4. The summed E-state index contributed by atoms with van der Waals surface area (Å²) < 4.78 is 5.85. The van der Waals surface area contributed by atoms with Crippen LogP contribution in [-0.4, -0.2) is 13.1 Å². The summed E-state index contributed by atoms with van der Waals surface area (Å²) in [6, 6.07) is 6.04. The minimum absolute atomic E-state index is 0.374. The molecule has 0 aliphatic carbocycles. The quantitative estimate of drug-likeness (QED) is 0.831. The van der Waals surface area contributed by atoms with Crippen molar-refractivity contribution in [2.75, 3.05) is 12.8 Å². The van der Waals surface area contributed by atoms with Gasteiger partial charge in [-0.1, -0.05) is 35.0 Å². The highest BCUT2D eigenvalue weighted by Gasteiger charge is 2.22. The maximum atomic E-state index is 11.8. The van der Waals surface area contributed by atoms with Crippen LogP contribution >= 0.6 is 27.3 Å². The van der Waals surface area contributed by atoms with Crippen LogP contribution in [0.2, 0.25) is 0 Å². The van der Waals surface area contributed by atoms with E-state index in [1.165, 1.54) is 18.4 Å². The number of rotatable bonds is 3. The van der Waals surface area contributed by atoms with Gasteiger partial charge in [-0.15, -0.1) is 11.3 Å². The molecular weight excluding hydrogens is 338 g/mol. The molecule has 0 radical (unpaired) electrons. The lowest BCUT2D eigenvalue weighted by Crippen LogP contribution is -2.02. The lowest BCUT2D eigenvalue weighted by Gasteiger charge is -2.08. The normalized spacial score (nSPS) is 10.6. The number of carbonyl (C=O) groups is 1. The van der Waals surface area contributed by atoms with Crippen LogP contribution in [0.1, 0.15) is 27.7 Å². The first kappa shape index (κ1) is 15.1. The Morgan fingerprint density at radius 3 is 2.75 bits per heavy atom. The van der Waals surface area contributed by atoms with Gasteiger partial charge in [0, 0.05) is 9.35 Å². The van der Waals surface area contributed by atoms with Gasteiger partial charge in [0.15, 0.2) is 0 Å². The zero-order valence-corrected chi connectivity index (χ0v) is 14.0. The van der Waals surface area contributed by atoms with Gasteiger partial charge in [0.05, 0.1) is 12.8 Å². The van der Waals surface area contributed by atoms with Crippen LogP contribution in [0.4, 0.5) is 5.69 Å². The third-order valence-corrected chi connectivity index (χ3v) is 5.40. The number of thiophene rings is 1. The number of carbonyl (C=O) groups excluding carboxylic acids is 1. The van der Waals surface area contributed by atoms with Crippen molar-refractivity contribution in [1.82, 2.24) is 0 Å². The van der Waals surface area contributed by atoms with Gasteiger partial charge in [-0.2, -0.15) is 0 Å². The van der Waals surface area contributed by atoms with Gasteiger partial charge in [-0.25, -0.2) is 4.79 Å². The number of halogens is 1. The fourth-order valence-corrected chi connectivity index (χ4v) is 3.82. The van der Waals surface area contributed by atoms with Gasteiger partial charge in [0.2, 0.25) is 0 Å². The number of hydrogen-bond donors (Lipinski definition) is 1. The Hall–Kier alpha value is -1.33. The Balaban J connectivity index is 2.68. The number of nitrogen functional groups attached to an aromatic ring is 1. The number of anilines is 1. The molecule has 0 amide bonds. The molecule has 1 heterocycles. The summed E-state index contributed by atoms with van der Waals surface area (Å²) >= 11 is 4.94. The van der Waals surface area contributed by atoms with E-state index in [4.69, 9.17) is 10.5 Å². The summed E-state index contributed by atoms with van der Waals surface area (Å²) in [5.41, 5.74) is 9.90. The van der Waals surface area contributed by atoms with E-state index in [2.05, 4.69) is 15.9 Å². The van der Waals surface area contributed by atoms with Crippen LogP contribution < -0.4 is 5.73 Å². The summed E-state index contributed by atoms with van der Waals surface area (Å²) in [4.78, 5) is 13.3. The van der Waals surface area contributed by atoms with Crippen molar-refractivity contribution in [2.24, 2.45) is 0 Å². The second kappa shape index (κ2) is 5.97. The summed E-state index contributed by atoms with van der Waals surface area (Å²) in [6.45, 7) is 4.09. The van der Waals surface area contributed by atoms with E-state index in [-0.39, 0.29) is 5.97 Å². The Morgan fingerprint density at radius 2 is 2.15 bits per heavy atom. The smallest absolute Gasteiger partial charge is 0.350 e. The Labute approximate surface area is 130 Å². The molecule has 1 aromatic heterocycles. The highest BCUT2D eigenvalue weighted by atomic mass is 79.9. The fraction of sp³-hybridized carbons (Fsp3) is 0.267. The van der Waals surface area contributed by atoms with Crippen LogP contribution in [0.15, 0.2) is 22.7 Å². The summed E-state index contributed by atoms with van der Waals surface area (Å²) in [6.07, 6.45) is 0.778. The molecule has 2 N–H and O–H groups in total. The zero-order chi connectivity index (χ0) is 14.9. The number of nitrogens with two attached hydrogens (primary N) is 1. The second-order valence-corrected chi connectivity index (χ2v) is 6.29. The molecule has 0 fully saturated rings. The van der Waals surface area contributed by atoms with Gasteiger partial charge >= 0.3 is 5.97 Å². The van der Waals surface area contributed by atoms with Crippen molar-refractivity contribution in [1.29, 1.82) is 0 Å². The number of benzene rings is 1. The topological polar surface area (TPSA) is 52.3 Å². The Kier molecular flexibility index (Phi) is 4.50. The molecule has 0 unspecified atom stereocenters. The number of ether oxygens (including phenoxy) is 1. The molecule has 3 nitrogen and oxygen atoms in total. The number of esters is 1. The number of methoxy groups -OCH3 is 1. The molecule has 0 aliphatic heterocycles. The molecular formula is C15H16BrNO2S. The Morgan fingerprint density at radius 1 is 1.45 bits per heavy atom. The van der Waals surface area contributed by atoms with E-state index >= 15 is 0 Å². The van der Waals surface area contributed by atoms with E-state index in [1.807, 2.05) is 32.0 Å². The van der Waals surface area contributed by atoms with Gasteiger partial charge in [0.1, 0.15) is 4.88 Å². The Bertz CT molecular complexity index is 664. The molecule has 0 spiro atoms. The van der Waals surface area contributed by atoms with E-state index in [0.717, 1.165) is 32.5 Å². The van der Waals surface area contributed by atoms with Crippen molar-refractivity contribution in [3.63, 3.8) is 0 Å². The third-order valence-electron chi connectivity index (χ3n) is 3.28. The summed E-state index contributed by atoms with van der Waals surface area (Å²) in [5.74, 6) is -0.374. The maximum absolute atomic E-state index is 11.8. The fourth-order valence-electron chi connectivity index (χ4n) is 2.14. The highest BCUT2D eigenvalue weighted by molar-refractivity contribution is 9.10. The molecule has 5 heteroatoms. The van der Waals surface area contributed by atoms with Crippen LogP contribution in [0.3, 0.4) is 0 Å². The first-order chi connectivity index (χ1) is 9.51. The molecule has 0 atom stereocenters. The predicted octanol–water partition coefficient (Wildman–Crippen LogP) is 4.42. The molecule has 1 aromatic carbocycles. The minimum atomic E-state index is -0.374. The average Bonchev–Trinajstić information content (AvgIpc) is 2.77. The molecule has 0 saturated carbocycles. The SMILES string of the molecule is CCc1c(-c2cccc(Br)c2C)sc(C(=O)OC)c1N. The molecule has 2 rings (SSSR count). The standard InChI is InChI=1S/C15H16BrNO2S/c1-4-9-12(17)14(15(18)19-3)20-13(9)10-6-5-7-11(16)8(10)2/h5-7H,4,17H2,1-3H3. The minimum Gasteiger partial charge on any atom is -0.465 e. The van der Waals surface area contributed by atoms with Gasteiger partial charge in [0.25, 0.3) is 0 Å². The van der Waals surface area contributed by atoms with E-state index in [9.17, 15) is 4.79 Å². The van der Waals surface area contributed by atoms with E-state index in [0.29, 0.717) is 10.6 Å². The lowest BCUT2D eigenvalue weighted by atomic mass is 10.0. The van der Waals surface area contributed by atoms with Gasteiger partial charge in [-0.3, -0.25) is 0 Å². The largest absolute Gasteiger partial charge is 0.465 e. The lowest BCUT2D eigenvalue weighted by molar-refractivity contribution is 0.0607. The van der Waals surface area contributed by atoms with Crippen molar-refractivity contribution in [3.8, 4) is 10.4 Å². The first-order valence-electron chi connectivity index (χ1n) is 6.26. The summed E-state index contributed by atoms with van der Waals surface area (Å²) in [7, 11) is 1.37. The van der Waals surface area contributed by atoms with Gasteiger partial charge < -0.3 is 10.5 Å². The first-order valence-corrected chi connectivity index (χ1v) is 7.87. The third kappa shape index (κ3) is 2.47. The molecule has 0 aliphatic rings. The highest BCUT2D eigenvalue weighted by Crippen LogP contribution is 2.41.